The second-order valence-electron chi connectivity index (χ2n) is 7.55. The van der Waals surface area contributed by atoms with Gasteiger partial charge in [-0.2, -0.15) is 4.31 Å². The summed E-state index contributed by atoms with van der Waals surface area (Å²) in [4.78, 5) is 16.4. The fraction of sp³-hybridized carbons (Fsp3) is 0.292. The Morgan fingerprint density at radius 1 is 1.00 bits per heavy atom. The first-order chi connectivity index (χ1) is 15.3. The Bertz CT molecular complexity index is 1130. The molecule has 1 aromatic heterocycles. The molecular formula is C24H27ClN2O3S2. The summed E-state index contributed by atoms with van der Waals surface area (Å²) >= 11 is 7.52. The van der Waals surface area contributed by atoms with Crippen LogP contribution in [0.1, 0.15) is 29.3 Å². The number of benzene rings is 2. The van der Waals surface area contributed by atoms with Crippen molar-refractivity contribution in [3.8, 4) is 0 Å². The van der Waals surface area contributed by atoms with Gasteiger partial charge in [0.05, 0.1) is 18.0 Å². The van der Waals surface area contributed by atoms with Gasteiger partial charge in [-0.3, -0.25) is 4.79 Å². The molecule has 0 aliphatic heterocycles. The number of nitrogens with zero attached hydrogens (tertiary/aromatic N) is 2. The molecule has 0 radical (unpaired) electrons. The quantitative estimate of drug-likeness (QED) is 0.385. The summed E-state index contributed by atoms with van der Waals surface area (Å²) in [5.74, 6) is -0.229. The van der Waals surface area contributed by atoms with Gasteiger partial charge in [-0.15, -0.1) is 11.3 Å². The van der Waals surface area contributed by atoms with Crippen molar-refractivity contribution in [2.24, 2.45) is 0 Å². The zero-order valence-electron chi connectivity index (χ0n) is 18.2. The largest absolute Gasteiger partial charge is 0.332 e. The van der Waals surface area contributed by atoms with Gasteiger partial charge in [0.15, 0.2) is 0 Å². The molecule has 0 atom stereocenters. The summed E-state index contributed by atoms with van der Waals surface area (Å²) in [6.45, 7) is 4.82. The molecule has 8 heteroatoms. The third-order valence-electron chi connectivity index (χ3n) is 5.11. The van der Waals surface area contributed by atoms with E-state index in [0.717, 1.165) is 16.0 Å². The van der Waals surface area contributed by atoms with E-state index in [2.05, 4.69) is 0 Å². The van der Waals surface area contributed by atoms with Crippen LogP contribution in [0.5, 0.6) is 0 Å². The lowest BCUT2D eigenvalue weighted by atomic mass is 10.2. The van der Waals surface area contributed by atoms with E-state index < -0.39 is 10.0 Å². The number of carbonyl (C=O) groups excluding carboxylic acids is 1. The van der Waals surface area contributed by atoms with E-state index in [1.54, 1.807) is 28.4 Å². The SMILES string of the molecule is CCCN(CC(=O)N(Cc1ccccc1)Cc1sccc1C)S(=O)(=O)c1ccc(Cl)cc1. The van der Waals surface area contributed by atoms with Crippen LogP contribution in [-0.2, 0) is 27.9 Å². The van der Waals surface area contributed by atoms with Crippen LogP contribution in [0, 0.1) is 6.92 Å². The van der Waals surface area contributed by atoms with Crippen molar-refractivity contribution in [1.29, 1.82) is 0 Å². The molecule has 2 aromatic carbocycles. The molecular weight excluding hydrogens is 464 g/mol. The van der Waals surface area contributed by atoms with Gasteiger partial charge in [0, 0.05) is 23.0 Å². The van der Waals surface area contributed by atoms with Gasteiger partial charge in [-0.25, -0.2) is 8.42 Å². The number of sulfonamides is 1. The Labute approximate surface area is 199 Å². The number of hydrogen-bond acceptors (Lipinski definition) is 4. The molecule has 0 unspecified atom stereocenters. The molecule has 0 spiro atoms. The molecule has 170 valence electrons. The van der Waals surface area contributed by atoms with Crippen LogP contribution in [-0.4, -0.2) is 36.6 Å². The Hall–Kier alpha value is -2.19. The third-order valence-corrected chi connectivity index (χ3v) is 8.23. The fourth-order valence-electron chi connectivity index (χ4n) is 3.32. The van der Waals surface area contributed by atoms with E-state index in [0.29, 0.717) is 24.5 Å². The minimum atomic E-state index is -3.82. The van der Waals surface area contributed by atoms with Crippen molar-refractivity contribution >= 4 is 38.9 Å². The predicted molar refractivity (Wildman–Crippen MR) is 130 cm³/mol. The lowest BCUT2D eigenvalue weighted by Gasteiger charge is -2.27. The zero-order valence-corrected chi connectivity index (χ0v) is 20.6. The molecule has 3 aromatic rings. The molecule has 1 heterocycles. The van der Waals surface area contributed by atoms with Crippen LogP contribution >= 0.6 is 22.9 Å². The van der Waals surface area contributed by atoms with Crippen LogP contribution < -0.4 is 0 Å². The molecule has 1 amide bonds. The van der Waals surface area contributed by atoms with Crippen molar-refractivity contribution in [2.75, 3.05) is 13.1 Å². The van der Waals surface area contributed by atoms with Crippen molar-refractivity contribution < 1.29 is 13.2 Å². The highest BCUT2D eigenvalue weighted by Gasteiger charge is 2.28. The maximum atomic E-state index is 13.4. The topological polar surface area (TPSA) is 57.7 Å². The number of hydrogen-bond donors (Lipinski definition) is 0. The summed E-state index contributed by atoms with van der Waals surface area (Å²) in [5.41, 5.74) is 2.12. The second-order valence-corrected chi connectivity index (χ2v) is 10.9. The molecule has 0 saturated heterocycles. The average molecular weight is 491 g/mol. The van der Waals surface area contributed by atoms with Crippen LogP contribution in [0.4, 0.5) is 0 Å². The van der Waals surface area contributed by atoms with Crippen LogP contribution in [0.2, 0.25) is 5.02 Å². The average Bonchev–Trinajstić information content (AvgIpc) is 3.18. The number of thiophene rings is 1. The lowest BCUT2D eigenvalue weighted by molar-refractivity contribution is -0.132. The second kappa shape index (κ2) is 11.1. The van der Waals surface area contributed by atoms with E-state index >= 15 is 0 Å². The minimum absolute atomic E-state index is 0.131. The van der Waals surface area contributed by atoms with Crippen molar-refractivity contribution in [3.63, 3.8) is 0 Å². The Morgan fingerprint density at radius 2 is 1.69 bits per heavy atom. The standard InChI is InChI=1S/C24H27ClN2O3S2/c1-3-14-27(32(29,30)22-11-9-21(25)10-12-22)18-24(28)26(16-20-7-5-4-6-8-20)17-23-19(2)13-15-31-23/h4-13,15H,3,14,16-18H2,1-2H3. The third kappa shape index (κ3) is 6.19. The van der Waals surface area contributed by atoms with E-state index in [-0.39, 0.29) is 23.9 Å². The smallest absolute Gasteiger partial charge is 0.243 e. The van der Waals surface area contributed by atoms with Crippen LogP contribution in [0.25, 0.3) is 0 Å². The molecule has 32 heavy (non-hydrogen) atoms. The predicted octanol–water partition coefficient (Wildman–Crippen LogP) is 5.34. The van der Waals surface area contributed by atoms with Crippen molar-refractivity contribution in [2.45, 2.75) is 38.3 Å². The summed E-state index contributed by atoms with van der Waals surface area (Å²) in [5, 5.41) is 2.46. The fourth-order valence-corrected chi connectivity index (χ4v) is 5.84. The molecule has 0 N–H and O–H groups in total. The Morgan fingerprint density at radius 3 is 2.28 bits per heavy atom. The van der Waals surface area contributed by atoms with Gasteiger partial charge in [0.25, 0.3) is 0 Å². The van der Waals surface area contributed by atoms with E-state index in [1.165, 1.54) is 16.4 Å². The highest BCUT2D eigenvalue weighted by molar-refractivity contribution is 7.89. The number of amides is 1. The van der Waals surface area contributed by atoms with Crippen LogP contribution in [0.15, 0.2) is 70.9 Å². The Balaban J connectivity index is 1.85. The van der Waals surface area contributed by atoms with E-state index in [4.69, 9.17) is 11.6 Å². The highest BCUT2D eigenvalue weighted by Crippen LogP contribution is 2.22. The van der Waals surface area contributed by atoms with Gasteiger partial charge >= 0.3 is 0 Å². The number of aryl methyl sites for hydroxylation is 1. The monoisotopic (exact) mass is 490 g/mol. The van der Waals surface area contributed by atoms with Gasteiger partial charge in [-0.1, -0.05) is 48.9 Å². The molecule has 0 aliphatic rings. The lowest BCUT2D eigenvalue weighted by Crippen LogP contribution is -2.42. The normalized spacial score (nSPS) is 11.6. The summed E-state index contributed by atoms with van der Waals surface area (Å²) in [7, 11) is -3.82. The summed E-state index contributed by atoms with van der Waals surface area (Å²) in [6.07, 6.45) is 0.600. The van der Waals surface area contributed by atoms with Crippen LogP contribution in [0.3, 0.4) is 0 Å². The van der Waals surface area contributed by atoms with Gasteiger partial charge in [0.1, 0.15) is 0 Å². The summed E-state index contributed by atoms with van der Waals surface area (Å²) < 4.78 is 27.7. The van der Waals surface area contributed by atoms with Crippen molar-refractivity contribution in [1.82, 2.24) is 9.21 Å². The molecule has 0 bridgehead atoms. The highest BCUT2D eigenvalue weighted by atomic mass is 35.5. The van der Waals surface area contributed by atoms with Gasteiger partial charge in [0.2, 0.25) is 15.9 Å². The number of rotatable bonds is 10. The van der Waals surface area contributed by atoms with E-state index in [9.17, 15) is 13.2 Å². The summed E-state index contributed by atoms with van der Waals surface area (Å²) in [6, 6.07) is 17.8. The van der Waals surface area contributed by atoms with Gasteiger partial charge in [-0.05, 0) is 60.2 Å². The minimum Gasteiger partial charge on any atom is -0.332 e. The first-order valence-electron chi connectivity index (χ1n) is 10.4. The maximum Gasteiger partial charge on any atom is 0.243 e. The molecule has 0 aliphatic carbocycles. The van der Waals surface area contributed by atoms with E-state index in [1.807, 2.05) is 55.6 Å². The first kappa shape index (κ1) is 24.5. The molecule has 3 rings (SSSR count). The molecule has 0 fully saturated rings. The number of carbonyl (C=O) groups is 1. The number of halogens is 1. The zero-order chi connectivity index (χ0) is 23.1. The molecule has 5 nitrogen and oxygen atoms in total. The van der Waals surface area contributed by atoms with Crippen molar-refractivity contribution in [3.05, 3.63) is 87.1 Å². The maximum absolute atomic E-state index is 13.4. The Kier molecular flexibility index (Phi) is 8.48. The van der Waals surface area contributed by atoms with Gasteiger partial charge < -0.3 is 4.90 Å². The first-order valence-corrected chi connectivity index (χ1v) is 13.1. The molecule has 0 saturated carbocycles.